The van der Waals surface area contributed by atoms with Crippen molar-refractivity contribution >= 4 is 0 Å². The highest BCUT2D eigenvalue weighted by Crippen LogP contribution is 2.32. The van der Waals surface area contributed by atoms with Crippen LogP contribution in [0.1, 0.15) is 29.5 Å². The Kier molecular flexibility index (Phi) is 2.77. The van der Waals surface area contributed by atoms with Gasteiger partial charge >= 0.3 is 0 Å². The van der Waals surface area contributed by atoms with E-state index in [9.17, 15) is 0 Å². The zero-order valence-electron chi connectivity index (χ0n) is 9.70. The minimum atomic E-state index is 0.551. The van der Waals surface area contributed by atoms with Crippen LogP contribution in [0.25, 0.3) is 0 Å². The molecule has 78 valence electrons. The zero-order valence-corrected chi connectivity index (χ0v) is 9.70. The topological polar surface area (TPSA) is 0 Å². The molecule has 0 saturated carbocycles. The van der Waals surface area contributed by atoms with Gasteiger partial charge in [-0.05, 0) is 36.5 Å². The molecule has 0 radical (unpaired) electrons. The van der Waals surface area contributed by atoms with E-state index in [0.29, 0.717) is 11.8 Å². The van der Waals surface area contributed by atoms with Crippen LogP contribution in [0.4, 0.5) is 0 Å². The van der Waals surface area contributed by atoms with Crippen LogP contribution in [0.5, 0.6) is 0 Å². The van der Waals surface area contributed by atoms with E-state index in [4.69, 9.17) is 0 Å². The first-order valence-electron chi connectivity index (χ1n) is 5.61. The second kappa shape index (κ2) is 4.06. The molecule has 1 aromatic rings. The van der Waals surface area contributed by atoms with E-state index in [1.54, 1.807) is 0 Å². The third-order valence-corrected chi connectivity index (χ3v) is 3.42. The molecule has 0 heterocycles. The van der Waals surface area contributed by atoms with Gasteiger partial charge in [0.2, 0.25) is 0 Å². The molecule has 0 amide bonds. The molecule has 0 aromatic heterocycles. The molecule has 2 atom stereocenters. The van der Waals surface area contributed by atoms with Crippen LogP contribution >= 0.6 is 0 Å². The van der Waals surface area contributed by atoms with E-state index in [-0.39, 0.29) is 0 Å². The van der Waals surface area contributed by atoms with Crippen LogP contribution in [-0.2, 0) is 0 Å². The van der Waals surface area contributed by atoms with Gasteiger partial charge in [0.15, 0.2) is 0 Å². The molecule has 1 aromatic carbocycles. The fourth-order valence-corrected chi connectivity index (χ4v) is 2.24. The van der Waals surface area contributed by atoms with Crippen molar-refractivity contribution < 1.29 is 0 Å². The highest BCUT2D eigenvalue weighted by atomic mass is 14.2. The number of hydrogen-bond acceptors (Lipinski definition) is 0. The predicted molar refractivity (Wildman–Crippen MR) is 66.1 cm³/mol. The lowest BCUT2D eigenvalue weighted by molar-refractivity contribution is 0.632. The Morgan fingerprint density at radius 3 is 2.47 bits per heavy atom. The molecule has 0 heteroatoms. The Morgan fingerprint density at radius 1 is 1.00 bits per heavy atom. The van der Waals surface area contributed by atoms with Gasteiger partial charge in [0.1, 0.15) is 0 Å². The van der Waals surface area contributed by atoms with Crippen molar-refractivity contribution in [2.75, 3.05) is 0 Å². The van der Waals surface area contributed by atoms with Crippen LogP contribution < -0.4 is 0 Å². The van der Waals surface area contributed by atoms with Crippen molar-refractivity contribution in [1.29, 1.82) is 0 Å². The van der Waals surface area contributed by atoms with Crippen molar-refractivity contribution in [3.05, 3.63) is 59.2 Å². The van der Waals surface area contributed by atoms with Crippen molar-refractivity contribution in [1.82, 2.24) is 0 Å². The second-order valence-electron chi connectivity index (χ2n) is 4.44. The van der Waals surface area contributed by atoms with Crippen LogP contribution in [0.2, 0.25) is 0 Å². The summed E-state index contributed by atoms with van der Waals surface area (Å²) in [4.78, 5) is 0. The van der Waals surface area contributed by atoms with Gasteiger partial charge in [-0.1, -0.05) is 49.4 Å². The lowest BCUT2D eigenvalue weighted by Gasteiger charge is -2.23. The molecule has 0 spiro atoms. The molecule has 0 bridgehead atoms. The summed E-state index contributed by atoms with van der Waals surface area (Å²) in [6.07, 6.45) is 8.90. The third-order valence-electron chi connectivity index (χ3n) is 3.42. The van der Waals surface area contributed by atoms with Gasteiger partial charge in [-0.25, -0.2) is 0 Å². The van der Waals surface area contributed by atoms with E-state index in [1.165, 1.54) is 16.7 Å². The normalized spacial score (nSPS) is 24.5. The molecule has 1 aliphatic rings. The van der Waals surface area contributed by atoms with Crippen LogP contribution in [-0.4, -0.2) is 0 Å². The number of rotatable bonds is 1. The molecule has 1 aliphatic carbocycles. The van der Waals surface area contributed by atoms with Crippen molar-refractivity contribution in [3.63, 3.8) is 0 Å². The minimum absolute atomic E-state index is 0.551. The third kappa shape index (κ3) is 1.90. The van der Waals surface area contributed by atoms with Gasteiger partial charge in [-0.3, -0.25) is 0 Å². The van der Waals surface area contributed by atoms with Crippen molar-refractivity contribution in [3.8, 4) is 0 Å². The van der Waals surface area contributed by atoms with Gasteiger partial charge in [0, 0.05) is 5.92 Å². The maximum atomic E-state index is 2.31. The Balaban J connectivity index is 2.41. The lowest BCUT2D eigenvalue weighted by Crippen LogP contribution is -2.09. The van der Waals surface area contributed by atoms with Crippen molar-refractivity contribution in [2.24, 2.45) is 5.92 Å². The van der Waals surface area contributed by atoms with Gasteiger partial charge in [-0.2, -0.15) is 0 Å². The molecule has 2 unspecified atom stereocenters. The maximum Gasteiger partial charge on any atom is 0.00840 e. The monoisotopic (exact) mass is 198 g/mol. The summed E-state index contributed by atoms with van der Waals surface area (Å²) in [6, 6.07) is 6.61. The van der Waals surface area contributed by atoms with Crippen LogP contribution in [0.15, 0.2) is 42.5 Å². The standard InChI is InChI=1S/C15H18/c1-11-8-6-10-15(13(11)3)14-9-5-4-7-12(14)2/h4-10,12,14H,1-3H3. The van der Waals surface area contributed by atoms with Gasteiger partial charge < -0.3 is 0 Å². The summed E-state index contributed by atoms with van der Waals surface area (Å²) in [5.74, 6) is 1.16. The summed E-state index contributed by atoms with van der Waals surface area (Å²) >= 11 is 0. The average molecular weight is 198 g/mol. The van der Waals surface area contributed by atoms with Crippen LogP contribution in [0.3, 0.4) is 0 Å². The first-order valence-corrected chi connectivity index (χ1v) is 5.61. The number of aryl methyl sites for hydroxylation is 1. The summed E-state index contributed by atoms with van der Waals surface area (Å²) in [5.41, 5.74) is 4.31. The fourth-order valence-electron chi connectivity index (χ4n) is 2.24. The quantitative estimate of drug-likeness (QED) is 0.636. The minimum Gasteiger partial charge on any atom is -0.0808 e. The second-order valence-corrected chi connectivity index (χ2v) is 4.44. The molecule has 0 N–H and O–H groups in total. The van der Waals surface area contributed by atoms with Gasteiger partial charge in [0.25, 0.3) is 0 Å². The molecule has 2 rings (SSSR count). The summed E-state index contributed by atoms with van der Waals surface area (Å²) in [6.45, 7) is 6.70. The molecule has 0 aliphatic heterocycles. The summed E-state index contributed by atoms with van der Waals surface area (Å²) in [5, 5.41) is 0. The molecular weight excluding hydrogens is 180 g/mol. The predicted octanol–water partition coefficient (Wildman–Crippen LogP) is 4.15. The lowest BCUT2D eigenvalue weighted by atomic mass is 9.81. The van der Waals surface area contributed by atoms with E-state index < -0.39 is 0 Å². The van der Waals surface area contributed by atoms with Gasteiger partial charge in [-0.15, -0.1) is 0 Å². The summed E-state index contributed by atoms with van der Waals surface area (Å²) < 4.78 is 0. The number of allylic oxidation sites excluding steroid dienone is 4. The number of benzene rings is 1. The van der Waals surface area contributed by atoms with E-state index in [0.717, 1.165) is 0 Å². The largest absolute Gasteiger partial charge is 0.0808 e. The fraction of sp³-hybridized carbons (Fsp3) is 0.333. The Bertz CT molecular complexity index is 410. The SMILES string of the molecule is Cc1cccc(C2C=CC=CC2C)c1C. The smallest absolute Gasteiger partial charge is 0.00840 e. The molecular formula is C15H18. The highest BCUT2D eigenvalue weighted by molar-refractivity contribution is 5.40. The van der Waals surface area contributed by atoms with Gasteiger partial charge in [0.05, 0.1) is 0 Å². The van der Waals surface area contributed by atoms with Crippen molar-refractivity contribution in [2.45, 2.75) is 26.7 Å². The molecule has 0 saturated heterocycles. The molecule has 15 heavy (non-hydrogen) atoms. The zero-order chi connectivity index (χ0) is 10.8. The average Bonchev–Trinajstić information content (AvgIpc) is 2.23. The number of hydrogen-bond donors (Lipinski definition) is 0. The Labute approximate surface area is 92.3 Å². The first-order chi connectivity index (χ1) is 7.20. The first kappa shape index (κ1) is 10.2. The Hall–Kier alpha value is -1.30. The van der Waals surface area contributed by atoms with E-state index in [2.05, 4.69) is 63.3 Å². The molecule has 0 fully saturated rings. The maximum absolute atomic E-state index is 2.31. The van der Waals surface area contributed by atoms with Crippen LogP contribution in [0, 0.1) is 19.8 Å². The highest BCUT2D eigenvalue weighted by Gasteiger charge is 2.18. The molecule has 0 nitrogen and oxygen atoms in total. The summed E-state index contributed by atoms with van der Waals surface area (Å²) in [7, 11) is 0. The van der Waals surface area contributed by atoms with E-state index in [1.807, 2.05) is 0 Å². The van der Waals surface area contributed by atoms with E-state index >= 15 is 0 Å². The Morgan fingerprint density at radius 2 is 1.73 bits per heavy atom.